The average molecular weight is 266 g/mol. The van der Waals surface area contributed by atoms with Crippen molar-refractivity contribution < 1.29 is 24.9 Å². The van der Waals surface area contributed by atoms with Crippen molar-refractivity contribution in [2.75, 3.05) is 6.61 Å². The maximum atomic E-state index is 11.7. The van der Waals surface area contributed by atoms with Gasteiger partial charge in [-0.05, 0) is 0 Å². The highest BCUT2D eigenvalue weighted by molar-refractivity contribution is 6.29. The van der Waals surface area contributed by atoms with Crippen LogP contribution in [0.25, 0.3) is 0 Å². The van der Waals surface area contributed by atoms with Gasteiger partial charge >= 0.3 is 0 Å². The quantitative estimate of drug-likeness (QED) is 0.539. The molecular weight excluding hydrogens is 256 g/mol. The van der Waals surface area contributed by atoms with Crippen LogP contribution in [0.4, 0.5) is 0 Å². The van der Waals surface area contributed by atoms with Gasteiger partial charge in [-0.25, -0.2) is 4.99 Å². The van der Waals surface area contributed by atoms with E-state index in [0.717, 1.165) is 0 Å². The van der Waals surface area contributed by atoms with Gasteiger partial charge in [0.05, 0.1) is 12.8 Å². The first kappa shape index (κ1) is 12.2. The van der Waals surface area contributed by atoms with Crippen LogP contribution in [-0.2, 0) is 9.53 Å². The zero-order chi connectivity index (χ0) is 13.6. The molecule has 0 aromatic heterocycles. The molecule has 0 spiro atoms. The third-order valence-electron chi connectivity index (χ3n) is 3.04. The van der Waals surface area contributed by atoms with Gasteiger partial charge in [-0.3, -0.25) is 4.79 Å². The van der Waals surface area contributed by atoms with Crippen molar-refractivity contribution in [3.05, 3.63) is 11.8 Å². The lowest BCUT2D eigenvalue weighted by Gasteiger charge is -2.16. The Kier molecular flexibility index (Phi) is 2.82. The zero-order valence-corrected chi connectivity index (χ0v) is 9.54. The molecule has 1 amide bonds. The van der Waals surface area contributed by atoms with Gasteiger partial charge in [0.25, 0.3) is 5.91 Å². The Morgan fingerprint density at radius 2 is 2.05 bits per heavy atom. The Bertz CT molecular complexity index is 552. The number of rotatable bonds is 2. The monoisotopic (exact) mass is 266 g/mol. The van der Waals surface area contributed by atoms with Crippen LogP contribution in [0.3, 0.4) is 0 Å². The van der Waals surface area contributed by atoms with Gasteiger partial charge in [0, 0.05) is 0 Å². The number of amides is 1. The predicted octanol–water partition coefficient (Wildman–Crippen LogP) is -1.85. The molecule has 4 atom stereocenters. The highest BCUT2D eigenvalue weighted by Gasteiger charge is 2.46. The molecule has 3 aliphatic heterocycles. The van der Waals surface area contributed by atoms with Crippen LogP contribution >= 0.6 is 0 Å². The predicted molar refractivity (Wildman–Crippen MR) is 60.6 cm³/mol. The topological polar surface area (TPSA) is 136 Å². The highest BCUT2D eigenvalue weighted by Crippen LogP contribution is 2.25. The standard InChI is InChI=1S/C10H10N4O5/c15-2-4-5(16)6(17)7(19-4)9-12-8-3(1-11-14-8)10(18)13-9/h1,4-7,15-17H,2H2/t4-,5-,6-,7?/m1/s1. The fourth-order valence-electron chi connectivity index (χ4n) is 2.02. The molecule has 0 aromatic rings. The Balaban J connectivity index is 1.90. The maximum absolute atomic E-state index is 11.7. The van der Waals surface area contributed by atoms with Crippen LogP contribution in [0, 0.1) is 0 Å². The third-order valence-corrected chi connectivity index (χ3v) is 3.04. The lowest BCUT2D eigenvalue weighted by molar-refractivity contribution is -0.114. The van der Waals surface area contributed by atoms with E-state index < -0.39 is 36.9 Å². The molecule has 0 bridgehead atoms. The van der Waals surface area contributed by atoms with E-state index in [0.29, 0.717) is 0 Å². The molecule has 19 heavy (non-hydrogen) atoms. The van der Waals surface area contributed by atoms with Gasteiger partial charge in [-0.2, -0.15) is 10.1 Å². The summed E-state index contributed by atoms with van der Waals surface area (Å²) in [5.41, 5.74) is 0.176. The average Bonchev–Trinajstić information content (AvgIpc) is 2.96. The first-order valence-electron chi connectivity index (χ1n) is 5.57. The highest BCUT2D eigenvalue weighted by atomic mass is 16.6. The number of aliphatic hydroxyl groups excluding tert-OH is 3. The van der Waals surface area contributed by atoms with Crippen molar-refractivity contribution in [2.45, 2.75) is 24.4 Å². The summed E-state index contributed by atoms with van der Waals surface area (Å²) in [5, 5.41) is 35.6. The van der Waals surface area contributed by atoms with Gasteiger partial charge in [-0.1, -0.05) is 0 Å². The van der Waals surface area contributed by atoms with Gasteiger partial charge < -0.3 is 20.1 Å². The number of ether oxygens (including phenoxy) is 1. The minimum atomic E-state index is -1.32. The summed E-state index contributed by atoms with van der Waals surface area (Å²) >= 11 is 0. The van der Waals surface area contributed by atoms with Gasteiger partial charge in [0.1, 0.15) is 30.0 Å². The number of carbonyl (C=O) groups excluding carboxylic acids is 1. The molecule has 1 unspecified atom stereocenters. The normalized spacial score (nSPS) is 37.0. The Morgan fingerprint density at radius 1 is 1.26 bits per heavy atom. The second-order valence-corrected chi connectivity index (χ2v) is 4.23. The van der Waals surface area contributed by atoms with Crippen molar-refractivity contribution in [3.8, 4) is 0 Å². The van der Waals surface area contributed by atoms with E-state index in [9.17, 15) is 15.0 Å². The smallest absolute Gasteiger partial charge is 0.284 e. The first-order chi connectivity index (χ1) is 9.11. The fraction of sp³-hybridized carbons (Fsp3) is 0.500. The molecule has 0 saturated carbocycles. The minimum Gasteiger partial charge on any atom is -0.394 e. The van der Waals surface area contributed by atoms with Gasteiger partial charge in [-0.15, -0.1) is 5.11 Å². The zero-order valence-electron chi connectivity index (χ0n) is 9.54. The number of hydrogen-bond acceptors (Lipinski definition) is 8. The number of carbonyl (C=O) groups is 1. The van der Waals surface area contributed by atoms with Crippen molar-refractivity contribution >= 4 is 17.6 Å². The molecule has 1 saturated heterocycles. The van der Waals surface area contributed by atoms with Crippen LogP contribution in [0.1, 0.15) is 0 Å². The van der Waals surface area contributed by atoms with Gasteiger partial charge in [0.2, 0.25) is 0 Å². The molecule has 0 aromatic carbocycles. The van der Waals surface area contributed by atoms with E-state index in [2.05, 4.69) is 20.2 Å². The van der Waals surface area contributed by atoms with E-state index in [1.807, 2.05) is 0 Å². The maximum Gasteiger partial charge on any atom is 0.284 e. The number of amidine groups is 2. The largest absolute Gasteiger partial charge is 0.394 e. The number of aliphatic imine (C=N–C) groups is 2. The second kappa shape index (κ2) is 4.38. The molecule has 3 rings (SSSR count). The molecule has 3 aliphatic rings. The summed E-state index contributed by atoms with van der Waals surface area (Å²) in [6, 6.07) is 0. The van der Waals surface area contributed by atoms with E-state index in [-0.39, 0.29) is 17.2 Å². The summed E-state index contributed by atoms with van der Waals surface area (Å²) < 4.78 is 5.24. The lowest BCUT2D eigenvalue weighted by atomic mass is 10.1. The lowest BCUT2D eigenvalue weighted by Crippen LogP contribution is -2.38. The van der Waals surface area contributed by atoms with Crippen molar-refractivity contribution in [1.29, 1.82) is 0 Å². The van der Waals surface area contributed by atoms with Crippen LogP contribution in [0.15, 0.2) is 32.0 Å². The molecular formula is C10H10N4O5. The SMILES string of the molecule is O=C1N=C(C2O[C@H](CO)[C@@H](O)[C@H]2O)N=C2N=NC=C12. The van der Waals surface area contributed by atoms with Crippen molar-refractivity contribution in [1.82, 2.24) is 0 Å². The molecule has 3 heterocycles. The number of aliphatic hydroxyl groups is 3. The van der Waals surface area contributed by atoms with E-state index in [1.165, 1.54) is 6.20 Å². The molecule has 1 fully saturated rings. The molecule has 9 nitrogen and oxygen atoms in total. The number of fused-ring (bicyclic) bond motifs is 1. The molecule has 9 heteroatoms. The minimum absolute atomic E-state index is 0.0829. The van der Waals surface area contributed by atoms with Crippen LogP contribution in [0.5, 0.6) is 0 Å². The van der Waals surface area contributed by atoms with Gasteiger partial charge in [0.15, 0.2) is 11.7 Å². The second-order valence-electron chi connectivity index (χ2n) is 4.23. The summed E-state index contributed by atoms with van der Waals surface area (Å²) in [5.74, 6) is -0.559. The Morgan fingerprint density at radius 3 is 2.74 bits per heavy atom. The third kappa shape index (κ3) is 1.83. The summed E-state index contributed by atoms with van der Waals surface area (Å²) in [6.07, 6.45) is -3.37. The van der Waals surface area contributed by atoms with E-state index >= 15 is 0 Å². The molecule has 3 N–H and O–H groups in total. The van der Waals surface area contributed by atoms with E-state index in [1.54, 1.807) is 0 Å². The summed E-state index contributed by atoms with van der Waals surface area (Å²) in [4.78, 5) is 19.3. The number of nitrogens with zero attached hydrogens (tertiary/aromatic N) is 4. The van der Waals surface area contributed by atoms with Crippen LogP contribution < -0.4 is 0 Å². The Labute approximate surface area is 106 Å². The van der Waals surface area contributed by atoms with Crippen molar-refractivity contribution in [2.24, 2.45) is 20.2 Å². The fourth-order valence-corrected chi connectivity index (χ4v) is 2.02. The summed E-state index contributed by atoms with van der Waals surface area (Å²) in [7, 11) is 0. The van der Waals surface area contributed by atoms with Crippen molar-refractivity contribution in [3.63, 3.8) is 0 Å². The number of azo groups is 1. The first-order valence-corrected chi connectivity index (χ1v) is 5.57. The number of hydrogen-bond donors (Lipinski definition) is 3. The molecule has 100 valence electrons. The Hall–Kier alpha value is -1.81. The van der Waals surface area contributed by atoms with Crippen LogP contribution in [-0.4, -0.2) is 63.9 Å². The summed E-state index contributed by atoms with van der Waals surface area (Å²) in [6.45, 7) is -0.461. The van der Waals surface area contributed by atoms with E-state index in [4.69, 9.17) is 9.84 Å². The van der Waals surface area contributed by atoms with Crippen LogP contribution in [0.2, 0.25) is 0 Å². The molecule has 0 aliphatic carbocycles. The molecule has 0 radical (unpaired) electrons.